The van der Waals surface area contributed by atoms with Crippen LogP contribution in [0, 0.1) is 0 Å². The van der Waals surface area contributed by atoms with Crippen LogP contribution in [-0.4, -0.2) is 11.0 Å². The minimum Gasteiger partial charge on any atom is -0.327 e. The number of pyridine rings is 1. The molecule has 1 atom stereocenters. The molecule has 0 spiro atoms. The molecule has 0 amide bonds. The molecule has 2 nitrogen and oxygen atoms in total. The van der Waals surface area contributed by atoms with Gasteiger partial charge in [0.2, 0.25) is 0 Å². The van der Waals surface area contributed by atoms with Crippen molar-refractivity contribution in [1.29, 1.82) is 0 Å². The predicted molar refractivity (Wildman–Crippen MR) is 76.5 cm³/mol. The largest absolute Gasteiger partial charge is 0.327 e. The van der Waals surface area contributed by atoms with Crippen LogP contribution in [0.25, 0.3) is 0 Å². The lowest BCUT2D eigenvalue weighted by molar-refractivity contribution is 0.600. The first kappa shape index (κ1) is 13.3. The van der Waals surface area contributed by atoms with E-state index in [-0.39, 0.29) is 6.04 Å². The maximum Gasteiger partial charge on any atom is 0.0419 e. The molecule has 1 aromatic rings. The number of rotatable bonds is 5. The fraction of sp³-hybridized carbons (Fsp3) is 0.562. The third-order valence-corrected chi connectivity index (χ3v) is 3.67. The molecule has 0 aromatic carbocycles. The van der Waals surface area contributed by atoms with Gasteiger partial charge in [0.1, 0.15) is 0 Å². The number of aryl methyl sites for hydroxylation is 1. The van der Waals surface area contributed by atoms with Gasteiger partial charge in [0.15, 0.2) is 0 Å². The summed E-state index contributed by atoms with van der Waals surface area (Å²) < 4.78 is 0. The molecule has 0 saturated carbocycles. The van der Waals surface area contributed by atoms with Crippen LogP contribution < -0.4 is 5.73 Å². The molecule has 2 N–H and O–H groups in total. The van der Waals surface area contributed by atoms with Gasteiger partial charge in [-0.1, -0.05) is 24.6 Å². The van der Waals surface area contributed by atoms with E-state index in [4.69, 9.17) is 5.73 Å². The molecule has 1 aliphatic carbocycles. The third-order valence-electron chi connectivity index (χ3n) is 3.67. The molecule has 1 unspecified atom stereocenters. The van der Waals surface area contributed by atoms with Gasteiger partial charge in [0.05, 0.1) is 0 Å². The summed E-state index contributed by atoms with van der Waals surface area (Å²) in [4.78, 5) is 4.48. The summed E-state index contributed by atoms with van der Waals surface area (Å²) in [5, 5.41) is 0. The maximum atomic E-state index is 6.23. The van der Waals surface area contributed by atoms with E-state index in [0.29, 0.717) is 0 Å². The Morgan fingerprint density at radius 3 is 2.78 bits per heavy atom. The lowest BCUT2D eigenvalue weighted by Gasteiger charge is -2.17. The smallest absolute Gasteiger partial charge is 0.0419 e. The molecule has 0 aliphatic heterocycles. The molecule has 2 rings (SSSR count). The zero-order valence-electron chi connectivity index (χ0n) is 11.4. The van der Waals surface area contributed by atoms with E-state index in [1.54, 1.807) is 5.57 Å². The Labute approximate surface area is 110 Å². The van der Waals surface area contributed by atoms with E-state index in [1.807, 2.05) is 6.20 Å². The molecule has 1 aromatic heterocycles. The standard InChI is InChI=1S/C16H24N2/c1-2-13-8-9-16(18-12-13)11-15(17)10-14-6-4-3-5-7-14/h6,8-9,12,15H,2-5,7,10-11,17H2,1H3. The minimum atomic E-state index is 0.217. The van der Waals surface area contributed by atoms with Gasteiger partial charge in [-0.2, -0.15) is 0 Å². The highest BCUT2D eigenvalue weighted by atomic mass is 14.7. The van der Waals surface area contributed by atoms with E-state index in [9.17, 15) is 0 Å². The predicted octanol–water partition coefficient (Wildman–Crippen LogP) is 3.40. The van der Waals surface area contributed by atoms with Gasteiger partial charge in [-0.3, -0.25) is 4.98 Å². The van der Waals surface area contributed by atoms with E-state index < -0.39 is 0 Å². The molecule has 1 heterocycles. The van der Waals surface area contributed by atoms with Crippen molar-refractivity contribution < 1.29 is 0 Å². The molecule has 2 heteroatoms. The second-order valence-corrected chi connectivity index (χ2v) is 5.29. The van der Waals surface area contributed by atoms with Crippen molar-refractivity contribution in [3.05, 3.63) is 41.2 Å². The Hall–Kier alpha value is -1.15. The van der Waals surface area contributed by atoms with Crippen molar-refractivity contribution in [3.8, 4) is 0 Å². The highest BCUT2D eigenvalue weighted by molar-refractivity contribution is 5.15. The SMILES string of the molecule is CCc1ccc(CC(N)CC2=CCCCC2)nc1. The quantitative estimate of drug-likeness (QED) is 0.806. The molecule has 1 aliphatic rings. The normalized spacial score (nSPS) is 17.3. The monoisotopic (exact) mass is 244 g/mol. The fourth-order valence-electron chi connectivity index (χ4n) is 2.55. The topological polar surface area (TPSA) is 38.9 Å². The average molecular weight is 244 g/mol. The molecule has 0 bridgehead atoms. The Morgan fingerprint density at radius 2 is 2.17 bits per heavy atom. The summed E-state index contributed by atoms with van der Waals surface area (Å²) in [7, 11) is 0. The van der Waals surface area contributed by atoms with Crippen LogP contribution in [0.4, 0.5) is 0 Å². The molecular weight excluding hydrogens is 220 g/mol. The van der Waals surface area contributed by atoms with Crippen LogP contribution in [0.5, 0.6) is 0 Å². The minimum absolute atomic E-state index is 0.217. The van der Waals surface area contributed by atoms with Crippen molar-refractivity contribution in [2.45, 2.75) is 57.9 Å². The molecule has 18 heavy (non-hydrogen) atoms. The highest BCUT2D eigenvalue weighted by Crippen LogP contribution is 2.21. The van der Waals surface area contributed by atoms with Crippen molar-refractivity contribution in [1.82, 2.24) is 4.98 Å². The second kappa shape index (κ2) is 6.69. The molecule has 0 radical (unpaired) electrons. The molecular formula is C16H24N2. The van der Waals surface area contributed by atoms with Crippen LogP contribution in [0.1, 0.15) is 50.3 Å². The number of aromatic nitrogens is 1. The zero-order chi connectivity index (χ0) is 12.8. The van der Waals surface area contributed by atoms with Crippen LogP contribution in [0.2, 0.25) is 0 Å². The van der Waals surface area contributed by atoms with E-state index in [1.165, 1.54) is 31.2 Å². The molecule has 0 fully saturated rings. The van der Waals surface area contributed by atoms with Crippen LogP contribution >= 0.6 is 0 Å². The molecule has 98 valence electrons. The Morgan fingerprint density at radius 1 is 1.28 bits per heavy atom. The van der Waals surface area contributed by atoms with Crippen LogP contribution in [-0.2, 0) is 12.8 Å². The van der Waals surface area contributed by atoms with Gasteiger partial charge in [0.25, 0.3) is 0 Å². The van der Waals surface area contributed by atoms with Gasteiger partial charge >= 0.3 is 0 Å². The zero-order valence-corrected chi connectivity index (χ0v) is 11.4. The number of hydrogen-bond donors (Lipinski definition) is 1. The number of nitrogens with two attached hydrogens (primary N) is 1. The Balaban J connectivity index is 1.85. The second-order valence-electron chi connectivity index (χ2n) is 5.29. The van der Waals surface area contributed by atoms with E-state index in [0.717, 1.165) is 25.0 Å². The van der Waals surface area contributed by atoms with Gasteiger partial charge < -0.3 is 5.73 Å². The first-order valence-electron chi connectivity index (χ1n) is 7.15. The van der Waals surface area contributed by atoms with Crippen LogP contribution in [0.3, 0.4) is 0 Å². The Bertz CT molecular complexity index is 392. The molecule has 0 saturated heterocycles. The highest BCUT2D eigenvalue weighted by Gasteiger charge is 2.10. The van der Waals surface area contributed by atoms with Gasteiger partial charge in [-0.05, 0) is 50.2 Å². The van der Waals surface area contributed by atoms with E-state index in [2.05, 4.69) is 30.1 Å². The summed E-state index contributed by atoms with van der Waals surface area (Å²) in [5.41, 5.74) is 10.2. The summed E-state index contributed by atoms with van der Waals surface area (Å²) in [6.45, 7) is 2.15. The van der Waals surface area contributed by atoms with Gasteiger partial charge in [-0.15, -0.1) is 0 Å². The first-order valence-corrected chi connectivity index (χ1v) is 7.15. The van der Waals surface area contributed by atoms with Crippen molar-refractivity contribution in [2.24, 2.45) is 5.73 Å². The van der Waals surface area contributed by atoms with Crippen molar-refractivity contribution in [2.75, 3.05) is 0 Å². The lowest BCUT2D eigenvalue weighted by atomic mass is 9.93. The van der Waals surface area contributed by atoms with E-state index >= 15 is 0 Å². The van der Waals surface area contributed by atoms with Crippen LogP contribution in [0.15, 0.2) is 30.0 Å². The summed E-state index contributed by atoms with van der Waals surface area (Å²) in [5.74, 6) is 0. The maximum absolute atomic E-state index is 6.23. The van der Waals surface area contributed by atoms with Crippen molar-refractivity contribution in [3.63, 3.8) is 0 Å². The number of allylic oxidation sites excluding steroid dienone is 1. The van der Waals surface area contributed by atoms with Gasteiger partial charge in [-0.25, -0.2) is 0 Å². The summed E-state index contributed by atoms with van der Waals surface area (Å²) in [6.07, 6.45) is 12.5. The summed E-state index contributed by atoms with van der Waals surface area (Å²) >= 11 is 0. The van der Waals surface area contributed by atoms with Gasteiger partial charge in [0, 0.05) is 24.4 Å². The fourth-order valence-corrected chi connectivity index (χ4v) is 2.55. The lowest BCUT2D eigenvalue weighted by Crippen LogP contribution is -2.24. The first-order chi connectivity index (χ1) is 8.78. The number of hydrogen-bond acceptors (Lipinski definition) is 2. The number of nitrogens with zero attached hydrogens (tertiary/aromatic N) is 1. The average Bonchev–Trinajstić information content (AvgIpc) is 2.40. The Kier molecular flexibility index (Phi) is 4.94. The third kappa shape index (κ3) is 3.95. The van der Waals surface area contributed by atoms with Crippen molar-refractivity contribution >= 4 is 0 Å². The summed E-state index contributed by atoms with van der Waals surface area (Å²) in [6, 6.07) is 4.50.